The number of thiophene rings is 1. The molecule has 2 nitrogen and oxygen atoms in total. The highest BCUT2D eigenvalue weighted by molar-refractivity contribution is 7.09. The lowest BCUT2D eigenvalue weighted by Gasteiger charge is -2.13. The molecule has 2 rings (SSSR count). The second kappa shape index (κ2) is 5.84. The third-order valence-corrected chi connectivity index (χ3v) is 3.56. The summed E-state index contributed by atoms with van der Waals surface area (Å²) in [5, 5.41) is 14.8. The average Bonchev–Trinajstić information content (AvgIpc) is 2.83. The van der Waals surface area contributed by atoms with Crippen molar-refractivity contribution in [1.29, 1.82) is 0 Å². The maximum atomic E-state index is 9.20. The van der Waals surface area contributed by atoms with Crippen LogP contribution in [0.25, 0.3) is 0 Å². The molecule has 2 aromatic rings. The van der Waals surface area contributed by atoms with Crippen molar-refractivity contribution in [3.8, 4) is 5.75 Å². The Hall–Kier alpha value is -1.32. The first-order valence-electron chi connectivity index (χ1n) is 5.78. The van der Waals surface area contributed by atoms with Crippen molar-refractivity contribution in [2.24, 2.45) is 0 Å². The molecule has 90 valence electrons. The molecule has 0 saturated carbocycles. The van der Waals surface area contributed by atoms with Crippen LogP contribution in [-0.4, -0.2) is 11.1 Å². The van der Waals surface area contributed by atoms with E-state index in [4.69, 9.17) is 0 Å². The fourth-order valence-electron chi connectivity index (χ4n) is 1.75. The van der Waals surface area contributed by atoms with E-state index in [9.17, 15) is 5.11 Å². The Morgan fingerprint density at radius 1 is 1.24 bits per heavy atom. The van der Waals surface area contributed by atoms with Crippen molar-refractivity contribution in [2.75, 3.05) is 0 Å². The Balaban J connectivity index is 1.80. The largest absolute Gasteiger partial charge is 0.508 e. The first kappa shape index (κ1) is 12.1. The summed E-state index contributed by atoms with van der Waals surface area (Å²) >= 11 is 1.78. The van der Waals surface area contributed by atoms with Crippen LogP contribution in [0.3, 0.4) is 0 Å². The van der Waals surface area contributed by atoms with Crippen LogP contribution in [0, 0.1) is 0 Å². The van der Waals surface area contributed by atoms with Crippen LogP contribution in [0.2, 0.25) is 0 Å². The van der Waals surface area contributed by atoms with Gasteiger partial charge in [0.25, 0.3) is 0 Å². The fourth-order valence-corrected chi connectivity index (χ4v) is 2.40. The number of aromatic hydroxyl groups is 1. The van der Waals surface area contributed by atoms with Crippen LogP contribution in [0.1, 0.15) is 17.4 Å². The van der Waals surface area contributed by atoms with E-state index in [0.717, 1.165) is 13.0 Å². The van der Waals surface area contributed by atoms with Crippen LogP contribution in [-0.2, 0) is 13.0 Å². The monoisotopic (exact) mass is 247 g/mol. The van der Waals surface area contributed by atoms with Crippen molar-refractivity contribution < 1.29 is 5.11 Å². The summed E-state index contributed by atoms with van der Waals surface area (Å²) in [6.45, 7) is 3.11. The van der Waals surface area contributed by atoms with Gasteiger partial charge in [0.15, 0.2) is 0 Å². The van der Waals surface area contributed by atoms with E-state index in [2.05, 4.69) is 29.8 Å². The Labute approximate surface area is 106 Å². The third-order valence-electron chi connectivity index (χ3n) is 2.68. The van der Waals surface area contributed by atoms with Gasteiger partial charge in [0.1, 0.15) is 5.75 Å². The van der Waals surface area contributed by atoms with Crippen molar-refractivity contribution >= 4 is 11.3 Å². The first-order chi connectivity index (χ1) is 8.24. The Bertz CT molecular complexity index is 436. The lowest BCUT2D eigenvalue weighted by atomic mass is 10.1. The number of phenols is 1. The van der Waals surface area contributed by atoms with E-state index < -0.39 is 0 Å². The first-order valence-corrected chi connectivity index (χ1v) is 6.65. The molecular formula is C14H17NOS. The van der Waals surface area contributed by atoms with E-state index in [-0.39, 0.29) is 0 Å². The quantitative estimate of drug-likeness (QED) is 0.850. The highest BCUT2D eigenvalue weighted by Crippen LogP contribution is 2.12. The zero-order valence-corrected chi connectivity index (χ0v) is 10.7. The van der Waals surface area contributed by atoms with E-state index in [1.165, 1.54) is 10.4 Å². The van der Waals surface area contributed by atoms with Gasteiger partial charge < -0.3 is 10.4 Å². The van der Waals surface area contributed by atoms with Gasteiger partial charge >= 0.3 is 0 Å². The molecule has 0 bridgehead atoms. The Morgan fingerprint density at radius 2 is 2.00 bits per heavy atom. The minimum Gasteiger partial charge on any atom is -0.508 e. The maximum Gasteiger partial charge on any atom is 0.115 e. The molecular weight excluding hydrogens is 230 g/mol. The molecule has 1 aromatic heterocycles. The van der Waals surface area contributed by atoms with E-state index in [0.29, 0.717) is 11.8 Å². The lowest BCUT2D eigenvalue weighted by molar-refractivity contribution is 0.474. The fraction of sp³-hybridized carbons (Fsp3) is 0.286. The van der Waals surface area contributed by atoms with Gasteiger partial charge in [0.2, 0.25) is 0 Å². The number of benzene rings is 1. The van der Waals surface area contributed by atoms with Gasteiger partial charge in [0.05, 0.1) is 0 Å². The summed E-state index contributed by atoms with van der Waals surface area (Å²) in [5.74, 6) is 0.327. The smallest absolute Gasteiger partial charge is 0.115 e. The molecule has 1 heterocycles. The molecule has 17 heavy (non-hydrogen) atoms. The van der Waals surface area contributed by atoms with Crippen LogP contribution in [0.4, 0.5) is 0 Å². The third kappa shape index (κ3) is 3.88. The normalized spacial score (nSPS) is 12.5. The zero-order chi connectivity index (χ0) is 12.1. The zero-order valence-electron chi connectivity index (χ0n) is 9.89. The van der Waals surface area contributed by atoms with Gasteiger partial charge in [-0.25, -0.2) is 0 Å². The molecule has 1 unspecified atom stereocenters. The topological polar surface area (TPSA) is 32.3 Å². The van der Waals surface area contributed by atoms with Gasteiger partial charge in [-0.3, -0.25) is 0 Å². The summed E-state index contributed by atoms with van der Waals surface area (Å²) < 4.78 is 0. The molecule has 0 spiro atoms. The van der Waals surface area contributed by atoms with Crippen molar-refractivity contribution in [2.45, 2.75) is 25.9 Å². The van der Waals surface area contributed by atoms with E-state index in [1.54, 1.807) is 23.5 Å². The molecule has 1 atom stereocenters. The van der Waals surface area contributed by atoms with Crippen LogP contribution in [0.5, 0.6) is 5.75 Å². The molecule has 0 fully saturated rings. The predicted octanol–water partition coefficient (Wildman–Crippen LogP) is 3.17. The van der Waals surface area contributed by atoms with Gasteiger partial charge in [-0.1, -0.05) is 18.2 Å². The molecule has 1 aromatic carbocycles. The van der Waals surface area contributed by atoms with Gasteiger partial charge in [-0.15, -0.1) is 11.3 Å². The second-order valence-electron chi connectivity index (χ2n) is 4.23. The van der Waals surface area contributed by atoms with Gasteiger partial charge in [-0.2, -0.15) is 0 Å². The second-order valence-corrected chi connectivity index (χ2v) is 5.26. The van der Waals surface area contributed by atoms with Gasteiger partial charge in [-0.05, 0) is 42.5 Å². The molecule has 0 aliphatic carbocycles. The predicted molar refractivity (Wildman–Crippen MR) is 72.4 cm³/mol. The lowest BCUT2D eigenvalue weighted by Crippen LogP contribution is -2.27. The number of hydrogen-bond donors (Lipinski definition) is 2. The summed E-state index contributed by atoms with van der Waals surface area (Å²) in [6, 6.07) is 12.1. The number of hydrogen-bond acceptors (Lipinski definition) is 3. The Kier molecular flexibility index (Phi) is 4.18. The summed E-state index contributed by atoms with van der Waals surface area (Å²) in [5.41, 5.74) is 1.24. The molecule has 0 saturated heterocycles. The van der Waals surface area contributed by atoms with Gasteiger partial charge in [0, 0.05) is 17.5 Å². The van der Waals surface area contributed by atoms with Crippen molar-refractivity contribution in [3.63, 3.8) is 0 Å². The minimum absolute atomic E-state index is 0.327. The standard InChI is InChI=1S/C14H17NOS/c1-11(15-10-14-3-2-8-17-14)9-12-4-6-13(16)7-5-12/h2-8,11,15-16H,9-10H2,1H3. The van der Waals surface area contributed by atoms with Crippen molar-refractivity contribution in [3.05, 3.63) is 52.2 Å². The van der Waals surface area contributed by atoms with Crippen molar-refractivity contribution in [1.82, 2.24) is 5.32 Å². The highest BCUT2D eigenvalue weighted by atomic mass is 32.1. The number of nitrogens with one attached hydrogen (secondary N) is 1. The van der Waals surface area contributed by atoms with Crippen LogP contribution < -0.4 is 5.32 Å². The summed E-state index contributed by atoms with van der Waals surface area (Å²) in [4.78, 5) is 1.36. The summed E-state index contributed by atoms with van der Waals surface area (Å²) in [7, 11) is 0. The van der Waals surface area contributed by atoms with Crippen LogP contribution >= 0.6 is 11.3 Å². The Morgan fingerprint density at radius 3 is 2.65 bits per heavy atom. The maximum absolute atomic E-state index is 9.20. The average molecular weight is 247 g/mol. The number of phenolic OH excluding ortho intramolecular Hbond substituents is 1. The molecule has 0 amide bonds. The van der Waals surface area contributed by atoms with Crippen LogP contribution in [0.15, 0.2) is 41.8 Å². The summed E-state index contributed by atoms with van der Waals surface area (Å²) in [6.07, 6.45) is 0.978. The van der Waals surface area contributed by atoms with E-state index >= 15 is 0 Å². The van der Waals surface area contributed by atoms with E-state index in [1.807, 2.05) is 12.1 Å². The molecule has 2 N–H and O–H groups in total. The molecule has 3 heteroatoms. The SMILES string of the molecule is CC(Cc1ccc(O)cc1)NCc1cccs1. The highest BCUT2D eigenvalue weighted by Gasteiger charge is 2.03. The molecule has 0 aliphatic heterocycles. The molecule has 0 aliphatic rings. The molecule has 0 radical (unpaired) electrons. The number of rotatable bonds is 5. The minimum atomic E-state index is 0.327.